The van der Waals surface area contributed by atoms with Crippen LogP contribution in [0.2, 0.25) is 0 Å². The number of hydrogen-bond donors (Lipinski definition) is 0. The number of carbonyl (C=O) groups excluding carboxylic acids is 1. The highest BCUT2D eigenvalue weighted by atomic mass is 32.2. The lowest BCUT2D eigenvalue weighted by molar-refractivity contribution is -0.387. The summed E-state index contributed by atoms with van der Waals surface area (Å²) in [7, 11) is 0. The van der Waals surface area contributed by atoms with E-state index in [1.807, 2.05) is 23.1 Å². The highest BCUT2D eigenvalue weighted by molar-refractivity contribution is 7.98. The zero-order chi connectivity index (χ0) is 22.3. The molecule has 2 aromatic carbocycles. The number of likely N-dealkylation sites (tertiary alicyclic amines) is 1. The van der Waals surface area contributed by atoms with Gasteiger partial charge in [-0.3, -0.25) is 19.9 Å². The Kier molecular flexibility index (Phi) is 7.17. The van der Waals surface area contributed by atoms with Gasteiger partial charge in [0.05, 0.1) is 9.82 Å². The average molecular weight is 448 g/mol. The first-order valence-corrected chi connectivity index (χ1v) is 11.7. The number of piperidine rings is 1. The molecule has 0 atom stereocenters. The molecule has 32 heavy (non-hydrogen) atoms. The van der Waals surface area contributed by atoms with E-state index in [0.717, 1.165) is 24.8 Å². The lowest BCUT2D eigenvalue weighted by Crippen LogP contribution is -2.38. The van der Waals surface area contributed by atoms with Crippen LogP contribution in [0.5, 0.6) is 0 Å². The van der Waals surface area contributed by atoms with Gasteiger partial charge in [-0.1, -0.05) is 36.4 Å². The van der Waals surface area contributed by atoms with E-state index in [9.17, 15) is 14.9 Å². The minimum absolute atomic E-state index is 0.0243. The Morgan fingerprint density at radius 2 is 1.81 bits per heavy atom. The summed E-state index contributed by atoms with van der Waals surface area (Å²) in [5.74, 6) is 1.01. The van der Waals surface area contributed by atoms with Crippen molar-refractivity contribution in [2.75, 3.05) is 13.1 Å². The number of nitro groups is 1. The number of aromatic nitrogens is 1. The van der Waals surface area contributed by atoms with Gasteiger partial charge >= 0.3 is 0 Å². The molecule has 7 heteroatoms. The van der Waals surface area contributed by atoms with Crippen molar-refractivity contribution in [3.05, 3.63) is 99.9 Å². The van der Waals surface area contributed by atoms with E-state index in [0.29, 0.717) is 35.2 Å². The fourth-order valence-corrected chi connectivity index (χ4v) is 4.97. The summed E-state index contributed by atoms with van der Waals surface area (Å²) >= 11 is 1.38. The molecule has 0 aliphatic carbocycles. The molecule has 0 N–H and O–H groups in total. The second-order valence-corrected chi connectivity index (χ2v) is 9.03. The normalized spacial score (nSPS) is 14.3. The monoisotopic (exact) mass is 447 g/mol. The number of nitro benzene ring substituents is 1. The van der Waals surface area contributed by atoms with Crippen molar-refractivity contribution in [3.63, 3.8) is 0 Å². The SMILES string of the molecule is O=C(c1ccc(SCc2cccnc2)c([N+](=O)[O-])c1)N1CCC(Cc2ccccc2)CC1. The molecule has 0 unspecified atom stereocenters. The molecule has 1 aromatic heterocycles. The van der Waals surface area contributed by atoms with E-state index in [4.69, 9.17) is 0 Å². The number of nitrogens with zero attached hydrogens (tertiary/aromatic N) is 3. The maximum Gasteiger partial charge on any atom is 0.283 e. The summed E-state index contributed by atoms with van der Waals surface area (Å²) in [6.07, 6.45) is 6.36. The molecule has 0 bridgehead atoms. The second-order valence-electron chi connectivity index (χ2n) is 8.01. The van der Waals surface area contributed by atoms with Gasteiger partial charge in [0, 0.05) is 42.9 Å². The Balaban J connectivity index is 1.39. The van der Waals surface area contributed by atoms with E-state index in [1.54, 1.807) is 24.5 Å². The van der Waals surface area contributed by atoms with Crippen LogP contribution >= 0.6 is 11.8 Å². The lowest BCUT2D eigenvalue weighted by atomic mass is 9.90. The van der Waals surface area contributed by atoms with Crippen LogP contribution < -0.4 is 0 Å². The molecule has 6 nitrogen and oxygen atoms in total. The van der Waals surface area contributed by atoms with E-state index in [2.05, 4.69) is 29.2 Å². The van der Waals surface area contributed by atoms with Crippen LogP contribution in [-0.2, 0) is 12.2 Å². The minimum Gasteiger partial charge on any atom is -0.339 e. The predicted octanol–water partition coefficient (Wildman–Crippen LogP) is 5.38. The first-order valence-electron chi connectivity index (χ1n) is 10.7. The van der Waals surface area contributed by atoms with Crippen LogP contribution in [0.3, 0.4) is 0 Å². The summed E-state index contributed by atoms with van der Waals surface area (Å²) in [6.45, 7) is 1.36. The van der Waals surface area contributed by atoms with Crippen molar-refractivity contribution in [2.24, 2.45) is 5.92 Å². The smallest absolute Gasteiger partial charge is 0.283 e. The van der Waals surface area contributed by atoms with Gasteiger partial charge in [-0.25, -0.2) is 0 Å². The quantitative estimate of drug-likeness (QED) is 0.276. The van der Waals surface area contributed by atoms with Crippen molar-refractivity contribution in [3.8, 4) is 0 Å². The van der Waals surface area contributed by atoms with E-state index >= 15 is 0 Å². The maximum absolute atomic E-state index is 13.0. The number of pyridine rings is 1. The van der Waals surface area contributed by atoms with Gasteiger partial charge in [-0.15, -0.1) is 11.8 Å². The van der Waals surface area contributed by atoms with Crippen LogP contribution in [-0.4, -0.2) is 33.8 Å². The van der Waals surface area contributed by atoms with Crippen molar-refractivity contribution < 1.29 is 9.72 Å². The van der Waals surface area contributed by atoms with E-state index < -0.39 is 4.92 Å². The Morgan fingerprint density at radius 1 is 1.06 bits per heavy atom. The third-order valence-corrected chi connectivity index (χ3v) is 6.92. The van der Waals surface area contributed by atoms with Crippen molar-refractivity contribution in [1.82, 2.24) is 9.88 Å². The zero-order valence-corrected chi connectivity index (χ0v) is 18.5. The second kappa shape index (κ2) is 10.4. The number of benzene rings is 2. The van der Waals surface area contributed by atoms with Gasteiger partial charge < -0.3 is 4.90 Å². The van der Waals surface area contributed by atoms with Crippen molar-refractivity contribution in [2.45, 2.75) is 29.9 Å². The standard InChI is InChI=1S/C25H25N3O3S/c29-25(27-13-10-20(11-14-27)15-19-5-2-1-3-6-19)22-8-9-24(23(16-22)28(30)31)32-18-21-7-4-12-26-17-21/h1-9,12,16-17,20H,10-11,13-15,18H2. The molecule has 2 heterocycles. The molecular weight excluding hydrogens is 422 g/mol. The van der Waals surface area contributed by atoms with Crippen LogP contribution in [0, 0.1) is 16.0 Å². The van der Waals surface area contributed by atoms with Gasteiger partial charge in [0.2, 0.25) is 0 Å². The van der Waals surface area contributed by atoms with Gasteiger partial charge in [-0.2, -0.15) is 0 Å². The molecule has 1 amide bonds. The summed E-state index contributed by atoms with van der Waals surface area (Å²) in [5, 5.41) is 11.7. The van der Waals surface area contributed by atoms with Gasteiger partial charge in [0.15, 0.2) is 0 Å². The van der Waals surface area contributed by atoms with Crippen molar-refractivity contribution >= 4 is 23.4 Å². The third-order valence-electron chi connectivity index (χ3n) is 5.79. The van der Waals surface area contributed by atoms with Crippen LogP contribution in [0.25, 0.3) is 0 Å². The first-order chi connectivity index (χ1) is 15.6. The van der Waals surface area contributed by atoms with Crippen LogP contribution in [0.1, 0.15) is 34.3 Å². The summed E-state index contributed by atoms with van der Waals surface area (Å²) < 4.78 is 0. The topological polar surface area (TPSA) is 76.3 Å². The molecule has 0 radical (unpaired) electrons. The van der Waals surface area contributed by atoms with E-state index in [1.165, 1.54) is 23.4 Å². The molecule has 1 saturated heterocycles. The molecular formula is C25H25N3O3S. The Labute approximate surface area is 191 Å². The fraction of sp³-hybridized carbons (Fsp3) is 0.280. The first kappa shape index (κ1) is 22.0. The van der Waals surface area contributed by atoms with E-state index in [-0.39, 0.29) is 11.6 Å². The number of carbonyl (C=O) groups is 1. The maximum atomic E-state index is 13.0. The Bertz CT molecular complexity index is 1070. The molecule has 3 aromatic rings. The summed E-state index contributed by atoms with van der Waals surface area (Å²) in [6, 6.07) is 19.0. The summed E-state index contributed by atoms with van der Waals surface area (Å²) in [4.78, 5) is 30.7. The molecule has 0 spiro atoms. The van der Waals surface area contributed by atoms with Gasteiger partial charge in [-0.05, 0) is 54.5 Å². The van der Waals surface area contributed by atoms with Gasteiger partial charge in [0.25, 0.3) is 11.6 Å². The zero-order valence-electron chi connectivity index (χ0n) is 17.7. The highest BCUT2D eigenvalue weighted by Gasteiger charge is 2.26. The molecule has 1 fully saturated rings. The van der Waals surface area contributed by atoms with Crippen LogP contribution in [0.4, 0.5) is 5.69 Å². The molecule has 1 aliphatic rings. The number of rotatable bonds is 7. The number of amides is 1. The van der Waals surface area contributed by atoms with Crippen molar-refractivity contribution in [1.29, 1.82) is 0 Å². The number of thioether (sulfide) groups is 1. The van der Waals surface area contributed by atoms with Crippen LogP contribution in [0.15, 0.2) is 78.0 Å². The lowest BCUT2D eigenvalue weighted by Gasteiger charge is -2.32. The highest BCUT2D eigenvalue weighted by Crippen LogP contribution is 2.33. The number of hydrogen-bond acceptors (Lipinski definition) is 5. The molecule has 1 aliphatic heterocycles. The third kappa shape index (κ3) is 5.53. The predicted molar refractivity (Wildman–Crippen MR) is 126 cm³/mol. The molecule has 0 saturated carbocycles. The Hall–Kier alpha value is -3.19. The molecule has 164 valence electrons. The van der Waals surface area contributed by atoms with Gasteiger partial charge in [0.1, 0.15) is 0 Å². The fourth-order valence-electron chi connectivity index (χ4n) is 4.03. The molecule has 4 rings (SSSR count). The Morgan fingerprint density at radius 3 is 2.50 bits per heavy atom. The largest absolute Gasteiger partial charge is 0.339 e. The summed E-state index contributed by atoms with van der Waals surface area (Å²) in [5.41, 5.74) is 2.67. The minimum atomic E-state index is -0.408. The average Bonchev–Trinajstić information content (AvgIpc) is 2.84.